The lowest BCUT2D eigenvalue weighted by Crippen LogP contribution is -2.46. The number of aromatic nitrogens is 1. The highest BCUT2D eigenvalue weighted by molar-refractivity contribution is 6.21. The summed E-state index contributed by atoms with van der Waals surface area (Å²) in [5.41, 5.74) is 5.22. The van der Waals surface area contributed by atoms with Gasteiger partial charge in [-0.15, -0.1) is 0 Å². The van der Waals surface area contributed by atoms with E-state index in [0.29, 0.717) is 75.0 Å². The van der Waals surface area contributed by atoms with Crippen LogP contribution in [0.4, 0.5) is 15.8 Å². The number of imide groups is 1. The van der Waals surface area contributed by atoms with E-state index in [9.17, 15) is 14.7 Å². The smallest absolute Gasteiger partial charge is 0.261 e. The number of carbonyl (C=O) groups excluding carboxylic acids is 2. The Hall–Kier alpha value is -4.14. The van der Waals surface area contributed by atoms with Crippen molar-refractivity contribution >= 4 is 23.2 Å². The van der Waals surface area contributed by atoms with Crippen molar-refractivity contribution in [3.05, 3.63) is 81.9 Å². The number of pyridine rings is 1. The topological polar surface area (TPSA) is 126 Å². The number of anilines is 2. The number of carbonyl (C=O) groups is 2. The highest BCUT2D eigenvalue weighted by Gasteiger charge is 2.37. The molecule has 1 fully saturated rings. The zero-order valence-electron chi connectivity index (χ0n) is 28.3. The number of nitrogens with one attached hydrogen (secondary N) is 1. The number of hydrogen-bond donors (Lipinski definition) is 2. The van der Waals surface area contributed by atoms with Crippen LogP contribution in [0.15, 0.2) is 42.5 Å². The molecule has 49 heavy (non-hydrogen) atoms. The standard InChI is InChI=1S/C36H42FN5O7/c1-35(2)46-19-26-27-20-47-36(3,4)49-32(27)29(39-30(26)21-48-35)18-40-11-13-41(14-12-40)31-10-9-22(15-28(31)37)38-16-23(43)17-42-33(44)24-7-5-6-8-25(24)34(42)45/h5-10,15,23,38,43H,11-14,16-21H2,1-4H3/t23-/m1/s1. The van der Waals surface area contributed by atoms with Crippen molar-refractivity contribution in [3.63, 3.8) is 0 Å². The number of piperazine rings is 1. The number of hydrogen-bond acceptors (Lipinski definition) is 11. The van der Waals surface area contributed by atoms with Gasteiger partial charge in [0.15, 0.2) is 11.5 Å². The SMILES string of the molecule is CC1(C)OCc2nc(CN3CCN(c4ccc(NC[C@@H](O)CN5C(=O)c6ccccc6C5=O)cc4F)CC3)c3c(c2CO1)COC(C)(C)O3. The number of β-amino-alcohol motifs (C(OH)–C–C–N with tert-alkyl or cyclic N) is 1. The molecule has 1 saturated heterocycles. The average Bonchev–Trinajstić information content (AvgIpc) is 3.19. The molecule has 13 heteroatoms. The maximum Gasteiger partial charge on any atom is 0.261 e. The van der Waals surface area contributed by atoms with E-state index in [1.165, 1.54) is 6.07 Å². The third-order valence-electron chi connectivity index (χ3n) is 9.40. The molecule has 5 heterocycles. The van der Waals surface area contributed by atoms with Crippen molar-refractivity contribution in [1.29, 1.82) is 0 Å². The van der Waals surface area contributed by atoms with Crippen LogP contribution in [0.2, 0.25) is 0 Å². The van der Waals surface area contributed by atoms with E-state index in [1.54, 1.807) is 36.4 Å². The van der Waals surface area contributed by atoms with Gasteiger partial charge >= 0.3 is 0 Å². The second kappa shape index (κ2) is 13.0. The molecule has 4 aliphatic heterocycles. The summed E-state index contributed by atoms with van der Waals surface area (Å²) in [5, 5.41) is 13.6. The Labute approximate surface area is 284 Å². The largest absolute Gasteiger partial charge is 0.461 e. The van der Waals surface area contributed by atoms with Crippen LogP contribution >= 0.6 is 0 Å². The summed E-state index contributed by atoms with van der Waals surface area (Å²) in [4.78, 5) is 35.6. The molecule has 0 spiro atoms. The summed E-state index contributed by atoms with van der Waals surface area (Å²) in [5.74, 6) is -2.00. The lowest BCUT2D eigenvalue weighted by atomic mass is 10.0. The van der Waals surface area contributed by atoms with E-state index < -0.39 is 29.5 Å². The van der Waals surface area contributed by atoms with Gasteiger partial charge in [0, 0.05) is 69.9 Å². The maximum atomic E-state index is 15.4. The molecule has 0 aliphatic carbocycles. The average molecular weight is 676 g/mol. The van der Waals surface area contributed by atoms with Crippen LogP contribution in [0.25, 0.3) is 0 Å². The molecule has 3 aromatic rings. The van der Waals surface area contributed by atoms with Gasteiger partial charge in [-0.2, -0.15) is 0 Å². The number of amides is 2. The maximum absolute atomic E-state index is 15.4. The van der Waals surface area contributed by atoms with Crippen LogP contribution in [0.3, 0.4) is 0 Å². The first kappa shape index (κ1) is 33.4. The van der Waals surface area contributed by atoms with Crippen LogP contribution in [0, 0.1) is 5.82 Å². The second-order valence-corrected chi connectivity index (χ2v) is 13.8. The van der Waals surface area contributed by atoms with Crippen LogP contribution < -0.4 is 15.0 Å². The molecule has 12 nitrogen and oxygen atoms in total. The molecule has 0 unspecified atom stereocenters. The first-order valence-corrected chi connectivity index (χ1v) is 16.7. The minimum atomic E-state index is -1.03. The molecule has 1 aromatic heterocycles. The molecule has 0 radical (unpaired) electrons. The van der Waals surface area contributed by atoms with E-state index in [1.807, 2.05) is 32.6 Å². The lowest BCUT2D eigenvalue weighted by Gasteiger charge is -2.38. The first-order chi connectivity index (χ1) is 23.4. The zero-order valence-corrected chi connectivity index (χ0v) is 28.3. The molecule has 0 saturated carbocycles. The van der Waals surface area contributed by atoms with Gasteiger partial charge in [0.05, 0.1) is 60.7 Å². The fourth-order valence-corrected chi connectivity index (χ4v) is 6.64. The van der Waals surface area contributed by atoms with Crippen LogP contribution in [0.1, 0.15) is 70.9 Å². The number of aliphatic hydroxyl groups is 1. The monoisotopic (exact) mass is 675 g/mol. The zero-order chi connectivity index (χ0) is 34.5. The molecular weight excluding hydrogens is 633 g/mol. The molecule has 4 aliphatic rings. The van der Waals surface area contributed by atoms with Gasteiger partial charge in [-0.25, -0.2) is 9.37 Å². The van der Waals surface area contributed by atoms with Gasteiger partial charge in [0.2, 0.25) is 5.79 Å². The Balaban J connectivity index is 0.957. The van der Waals surface area contributed by atoms with Crippen LogP contribution in [0.5, 0.6) is 5.75 Å². The van der Waals surface area contributed by atoms with Crippen molar-refractivity contribution in [2.75, 3.05) is 49.5 Å². The number of benzene rings is 2. The fourth-order valence-electron chi connectivity index (χ4n) is 6.64. The predicted molar refractivity (Wildman–Crippen MR) is 178 cm³/mol. The second-order valence-electron chi connectivity index (χ2n) is 13.8. The number of halogens is 1. The van der Waals surface area contributed by atoms with E-state index in [2.05, 4.69) is 10.2 Å². The number of ether oxygens (including phenoxy) is 4. The number of nitrogens with zero attached hydrogens (tertiary/aromatic N) is 4. The van der Waals surface area contributed by atoms with Crippen LogP contribution in [-0.4, -0.2) is 88.7 Å². The summed E-state index contributed by atoms with van der Waals surface area (Å²) in [6.07, 6.45) is -1.03. The Kier molecular flexibility index (Phi) is 8.82. The van der Waals surface area contributed by atoms with Gasteiger partial charge in [-0.1, -0.05) is 12.1 Å². The summed E-state index contributed by atoms with van der Waals surface area (Å²) in [6, 6.07) is 11.5. The number of aliphatic hydroxyl groups excluding tert-OH is 1. The molecule has 7 rings (SSSR count). The Morgan fingerprint density at radius 1 is 0.898 bits per heavy atom. The third kappa shape index (κ3) is 6.86. The molecular formula is C36H42FN5O7. The van der Waals surface area contributed by atoms with Crippen molar-refractivity contribution in [1.82, 2.24) is 14.8 Å². The highest BCUT2D eigenvalue weighted by Crippen LogP contribution is 2.40. The minimum absolute atomic E-state index is 0.0369. The van der Waals surface area contributed by atoms with Gasteiger partial charge in [0.1, 0.15) is 5.82 Å². The van der Waals surface area contributed by atoms with E-state index in [4.69, 9.17) is 23.9 Å². The lowest BCUT2D eigenvalue weighted by molar-refractivity contribution is -0.220. The molecule has 2 aromatic carbocycles. The van der Waals surface area contributed by atoms with Crippen molar-refractivity contribution in [2.45, 2.75) is 71.7 Å². The van der Waals surface area contributed by atoms with Crippen molar-refractivity contribution in [3.8, 4) is 5.75 Å². The minimum Gasteiger partial charge on any atom is -0.461 e. The van der Waals surface area contributed by atoms with Gasteiger partial charge in [-0.05, 0) is 44.2 Å². The van der Waals surface area contributed by atoms with Crippen molar-refractivity contribution < 1.29 is 38.0 Å². The summed E-state index contributed by atoms with van der Waals surface area (Å²) >= 11 is 0. The summed E-state index contributed by atoms with van der Waals surface area (Å²) in [6.45, 7) is 11.7. The Bertz CT molecular complexity index is 1740. The third-order valence-corrected chi connectivity index (χ3v) is 9.40. The fraction of sp³-hybridized carbons (Fsp3) is 0.472. The van der Waals surface area contributed by atoms with Gasteiger partial charge in [0.25, 0.3) is 11.8 Å². The number of fused-ring (bicyclic) bond motifs is 4. The Morgan fingerprint density at radius 3 is 2.24 bits per heavy atom. The first-order valence-electron chi connectivity index (χ1n) is 16.7. The van der Waals surface area contributed by atoms with E-state index in [-0.39, 0.29) is 18.9 Å². The molecule has 2 N–H and O–H groups in total. The molecule has 1 atom stereocenters. The van der Waals surface area contributed by atoms with Gasteiger partial charge in [-0.3, -0.25) is 19.4 Å². The van der Waals surface area contributed by atoms with Crippen LogP contribution in [-0.2, 0) is 40.6 Å². The summed E-state index contributed by atoms with van der Waals surface area (Å²) in [7, 11) is 0. The summed E-state index contributed by atoms with van der Waals surface area (Å²) < 4.78 is 39.7. The van der Waals surface area contributed by atoms with E-state index in [0.717, 1.165) is 33.2 Å². The number of rotatable bonds is 8. The quantitative estimate of drug-likeness (QED) is 0.336. The Morgan fingerprint density at radius 2 is 1.55 bits per heavy atom. The van der Waals surface area contributed by atoms with Gasteiger partial charge < -0.3 is 34.3 Å². The predicted octanol–water partition coefficient (Wildman–Crippen LogP) is 4.04. The van der Waals surface area contributed by atoms with E-state index >= 15 is 4.39 Å². The normalized spacial score (nSPS) is 20.6. The van der Waals surface area contributed by atoms with Crippen molar-refractivity contribution in [2.24, 2.45) is 0 Å². The molecule has 0 bridgehead atoms. The molecule has 2 amide bonds. The highest BCUT2D eigenvalue weighted by atomic mass is 19.1. The molecule has 260 valence electrons.